The van der Waals surface area contributed by atoms with E-state index < -0.39 is 0 Å². The van der Waals surface area contributed by atoms with Gasteiger partial charge in [-0.15, -0.1) is 5.10 Å². The maximum absolute atomic E-state index is 10.9. The number of anilines is 2. The number of nitrogens with zero attached hydrogens (tertiary/aromatic N) is 5. The lowest BCUT2D eigenvalue weighted by Gasteiger charge is -2.09. The first-order valence-corrected chi connectivity index (χ1v) is 10.3. The fourth-order valence-electron chi connectivity index (χ4n) is 3.32. The topological polar surface area (TPSA) is 116 Å². The number of aromatic hydroxyl groups is 1. The molecule has 2 aromatic carbocycles. The molecule has 3 aromatic heterocycles. The highest BCUT2D eigenvalue weighted by molar-refractivity contribution is 5.72. The summed E-state index contributed by atoms with van der Waals surface area (Å²) in [5.74, 6) is 2.97. The molecule has 0 atom stereocenters. The SMILES string of the molecule is COc1cc(OC)cc(-c2cnc3nc(Nc4ccc(Oc5ccncc5)cc4)nn3c2O)c1. The lowest BCUT2D eigenvalue weighted by molar-refractivity contribution is 0.394. The Morgan fingerprint density at radius 3 is 2.21 bits per heavy atom. The molecule has 2 N–H and O–H groups in total. The van der Waals surface area contributed by atoms with Crippen LogP contribution in [0.1, 0.15) is 0 Å². The van der Waals surface area contributed by atoms with Gasteiger partial charge in [-0.2, -0.15) is 9.50 Å². The average Bonchev–Trinajstić information content (AvgIpc) is 3.29. The van der Waals surface area contributed by atoms with Gasteiger partial charge in [0.25, 0.3) is 5.78 Å². The summed E-state index contributed by atoms with van der Waals surface area (Å²) in [4.78, 5) is 12.6. The number of hydrogen-bond donors (Lipinski definition) is 2. The van der Waals surface area contributed by atoms with Crippen LogP contribution in [0.2, 0.25) is 0 Å². The van der Waals surface area contributed by atoms with Crippen molar-refractivity contribution in [1.29, 1.82) is 0 Å². The molecule has 0 saturated carbocycles. The Kier molecular flexibility index (Phi) is 5.53. The van der Waals surface area contributed by atoms with Crippen molar-refractivity contribution in [2.75, 3.05) is 19.5 Å². The molecule has 34 heavy (non-hydrogen) atoms. The lowest BCUT2D eigenvalue weighted by Crippen LogP contribution is -1.96. The van der Waals surface area contributed by atoms with Crippen LogP contribution in [0.25, 0.3) is 16.9 Å². The van der Waals surface area contributed by atoms with E-state index in [0.29, 0.717) is 34.1 Å². The van der Waals surface area contributed by atoms with Crippen molar-refractivity contribution in [3.8, 4) is 40.0 Å². The van der Waals surface area contributed by atoms with E-state index in [9.17, 15) is 5.11 Å². The molecular formula is C24H20N6O4. The Labute approximate surface area is 194 Å². The summed E-state index contributed by atoms with van der Waals surface area (Å²) in [6.45, 7) is 0. The molecule has 10 nitrogen and oxygen atoms in total. The van der Waals surface area contributed by atoms with Crippen molar-refractivity contribution in [3.63, 3.8) is 0 Å². The summed E-state index contributed by atoms with van der Waals surface area (Å²) in [6.07, 6.45) is 4.86. The second-order valence-electron chi connectivity index (χ2n) is 7.18. The van der Waals surface area contributed by atoms with E-state index in [-0.39, 0.29) is 17.6 Å². The van der Waals surface area contributed by atoms with Crippen molar-refractivity contribution < 1.29 is 19.3 Å². The monoisotopic (exact) mass is 456 g/mol. The van der Waals surface area contributed by atoms with Gasteiger partial charge in [-0.3, -0.25) is 4.98 Å². The van der Waals surface area contributed by atoms with Crippen molar-refractivity contribution in [2.24, 2.45) is 0 Å². The lowest BCUT2D eigenvalue weighted by atomic mass is 10.1. The van der Waals surface area contributed by atoms with E-state index in [0.717, 1.165) is 5.69 Å². The molecule has 10 heteroatoms. The zero-order chi connectivity index (χ0) is 23.5. The van der Waals surface area contributed by atoms with Crippen molar-refractivity contribution in [1.82, 2.24) is 24.6 Å². The van der Waals surface area contributed by atoms with Crippen LogP contribution in [0.3, 0.4) is 0 Å². The third-order valence-corrected chi connectivity index (χ3v) is 5.00. The molecule has 0 radical (unpaired) electrons. The van der Waals surface area contributed by atoms with Crippen molar-refractivity contribution >= 4 is 17.4 Å². The van der Waals surface area contributed by atoms with Gasteiger partial charge in [0.1, 0.15) is 23.0 Å². The Morgan fingerprint density at radius 1 is 0.853 bits per heavy atom. The van der Waals surface area contributed by atoms with Gasteiger partial charge in [-0.25, -0.2) is 4.98 Å². The molecule has 0 unspecified atom stereocenters. The van der Waals surface area contributed by atoms with Crippen LogP contribution in [-0.2, 0) is 0 Å². The van der Waals surface area contributed by atoms with Gasteiger partial charge in [-0.05, 0) is 54.1 Å². The van der Waals surface area contributed by atoms with E-state index >= 15 is 0 Å². The van der Waals surface area contributed by atoms with Crippen LogP contribution in [0.4, 0.5) is 11.6 Å². The van der Waals surface area contributed by atoms with Crippen LogP contribution < -0.4 is 19.5 Å². The summed E-state index contributed by atoms with van der Waals surface area (Å²) < 4.78 is 17.7. The summed E-state index contributed by atoms with van der Waals surface area (Å²) in [5, 5.41) is 18.3. The molecule has 0 aliphatic rings. The minimum absolute atomic E-state index is 0.109. The first-order valence-electron chi connectivity index (χ1n) is 10.3. The molecule has 5 aromatic rings. The maximum atomic E-state index is 10.9. The Morgan fingerprint density at radius 2 is 1.53 bits per heavy atom. The first-order chi connectivity index (χ1) is 16.6. The van der Waals surface area contributed by atoms with Gasteiger partial charge in [0.2, 0.25) is 11.8 Å². The third-order valence-electron chi connectivity index (χ3n) is 5.00. The Hall–Kier alpha value is -4.86. The predicted octanol–water partition coefficient (Wildman–Crippen LogP) is 4.45. The molecule has 5 rings (SSSR count). The minimum atomic E-state index is -0.109. The highest BCUT2D eigenvalue weighted by Gasteiger charge is 2.15. The molecule has 0 bridgehead atoms. The fraction of sp³-hybridized carbons (Fsp3) is 0.0833. The van der Waals surface area contributed by atoms with Gasteiger partial charge in [0.05, 0.1) is 19.8 Å². The van der Waals surface area contributed by atoms with Gasteiger partial charge in [0, 0.05) is 30.3 Å². The summed E-state index contributed by atoms with van der Waals surface area (Å²) in [6, 6.07) is 16.2. The van der Waals surface area contributed by atoms with E-state index in [1.807, 2.05) is 24.3 Å². The van der Waals surface area contributed by atoms with E-state index in [4.69, 9.17) is 14.2 Å². The number of pyridine rings is 1. The van der Waals surface area contributed by atoms with Crippen LogP contribution in [0, 0.1) is 0 Å². The maximum Gasteiger partial charge on any atom is 0.257 e. The number of methoxy groups -OCH3 is 2. The zero-order valence-electron chi connectivity index (χ0n) is 18.3. The molecule has 0 aliphatic carbocycles. The highest BCUT2D eigenvalue weighted by atomic mass is 16.5. The smallest absolute Gasteiger partial charge is 0.257 e. The molecule has 3 heterocycles. The normalized spacial score (nSPS) is 10.8. The molecule has 0 fully saturated rings. The third kappa shape index (κ3) is 4.24. The molecule has 170 valence electrons. The number of benzene rings is 2. The zero-order valence-corrected chi connectivity index (χ0v) is 18.3. The van der Waals surface area contributed by atoms with Gasteiger partial charge < -0.3 is 24.6 Å². The van der Waals surface area contributed by atoms with Gasteiger partial charge in [0.15, 0.2) is 0 Å². The number of rotatable bonds is 7. The number of hydrogen-bond acceptors (Lipinski definition) is 9. The second-order valence-corrected chi connectivity index (χ2v) is 7.18. The van der Waals surface area contributed by atoms with Crippen molar-refractivity contribution in [3.05, 3.63) is 73.2 Å². The molecule has 0 aliphatic heterocycles. The first kappa shape index (κ1) is 21.0. The number of aromatic nitrogens is 5. The van der Waals surface area contributed by atoms with Crippen LogP contribution in [-0.4, -0.2) is 43.9 Å². The number of nitrogens with one attached hydrogen (secondary N) is 1. The van der Waals surface area contributed by atoms with E-state index in [1.165, 1.54) is 10.7 Å². The van der Waals surface area contributed by atoms with Crippen LogP contribution >= 0.6 is 0 Å². The average molecular weight is 456 g/mol. The standard InChI is InChI=1S/C24H20N6O4/c1-32-19-11-15(12-20(13-19)33-2)21-14-26-24-28-23(29-30(24)22(21)31)27-16-3-5-17(6-4-16)34-18-7-9-25-10-8-18/h3-14,31H,1-2H3,(H,27,29). The second kappa shape index (κ2) is 8.94. The molecule has 0 saturated heterocycles. The molecule has 0 spiro atoms. The highest BCUT2D eigenvalue weighted by Crippen LogP contribution is 2.34. The fourth-order valence-corrected chi connectivity index (χ4v) is 3.32. The minimum Gasteiger partial charge on any atom is -0.497 e. The van der Waals surface area contributed by atoms with Gasteiger partial charge in [-0.1, -0.05) is 0 Å². The van der Waals surface area contributed by atoms with Gasteiger partial charge >= 0.3 is 0 Å². The predicted molar refractivity (Wildman–Crippen MR) is 125 cm³/mol. The number of fused-ring (bicyclic) bond motifs is 1. The Balaban J connectivity index is 1.39. The number of ether oxygens (including phenoxy) is 3. The van der Waals surface area contributed by atoms with Crippen LogP contribution in [0.15, 0.2) is 73.2 Å². The van der Waals surface area contributed by atoms with E-state index in [1.54, 1.807) is 56.9 Å². The molecule has 0 amide bonds. The largest absolute Gasteiger partial charge is 0.497 e. The Bertz CT molecular complexity index is 1420. The van der Waals surface area contributed by atoms with Crippen LogP contribution in [0.5, 0.6) is 28.9 Å². The van der Waals surface area contributed by atoms with Crippen molar-refractivity contribution in [2.45, 2.75) is 0 Å². The quantitative estimate of drug-likeness (QED) is 0.366. The summed E-state index contributed by atoms with van der Waals surface area (Å²) >= 11 is 0. The summed E-state index contributed by atoms with van der Waals surface area (Å²) in [7, 11) is 3.13. The summed E-state index contributed by atoms with van der Waals surface area (Å²) in [5.41, 5.74) is 1.87. The van der Waals surface area contributed by atoms with E-state index in [2.05, 4.69) is 25.4 Å². The molecular weight excluding hydrogens is 436 g/mol.